The predicted molar refractivity (Wildman–Crippen MR) is 82.5 cm³/mol. The second kappa shape index (κ2) is 6.57. The molecule has 0 saturated carbocycles. The minimum atomic E-state index is -0.384. The van der Waals surface area contributed by atoms with Gasteiger partial charge < -0.3 is 10.2 Å². The van der Waals surface area contributed by atoms with Gasteiger partial charge in [-0.25, -0.2) is 4.39 Å². The second-order valence-electron chi connectivity index (χ2n) is 5.86. The molecular formula is C18H20FNO2. The normalized spacial score (nSPS) is 22.1. The first-order chi connectivity index (χ1) is 10.7. The van der Waals surface area contributed by atoms with Crippen molar-refractivity contribution in [1.29, 1.82) is 0 Å². The lowest BCUT2D eigenvalue weighted by molar-refractivity contribution is 0.172. The third-order valence-corrected chi connectivity index (χ3v) is 4.21. The van der Waals surface area contributed by atoms with Gasteiger partial charge in [0.1, 0.15) is 5.82 Å². The molecule has 0 radical (unpaired) electrons. The molecule has 2 aromatic rings. The zero-order valence-electron chi connectivity index (χ0n) is 12.3. The van der Waals surface area contributed by atoms with Crippen LogP contribution in [0.2, 0.25) is 0 Å². The summed E-state index contributed by atoms with van der Waals surface area (Å²) in [4.78, 5) is 2.17. The Hall–Kier alpha value is -1.75. The summed E-state index contributed by atoms with van der Waals surface area (Å²) in [5, 5.41) is 19.1. The molecule has 4 heteroatoms. The molecule has 1 saturated heterocycles. The van der Waals surface area contributed by atoms with Gasteiger partial charge in [-0.05, 0) is 35.2 Å². The monoisotopic (exact) mass is 301 g/mol. The van der Waals surface area contributed by atoms with Crippen LogP contribution in [0, 0.1) is 5.82 Å². The molecule has 0 aliphatic carbocycles. The fourth-order valence-corrected chi connectivity index (χ4v) is 3.10. The number of nitrogens with zero attached hydrogens (tertiary/aromatic N) is 1. The van der Waals surface area contributed by atoms with Crippen molar-refractivity contribution in [2.24, 2.45) is 0 Å². The maximum atomic E-state index is 13.5. The topological polar surface area (TPSA) is 43.7 Å². The van der Waals surface area contributed by atoms with Crippen molar-refractivity contribution >= 4 is 0 Å². The SMILES string of the molecule is OCc1ccc(CN2C[C@H](O)C[C@@H]2c2cccc(F)c2)cc1. The highest BCUT2D eigenvalue weighted by Gasteiger charge is 2.32. The van der Waals surface area contributed by atoms with Crippen LogP contribution >= 0.6 is 0 Å². The molecule has 3 rings (SSSR count). The van der Waals surface area contributed by atoms with E-state index in [0.717, 1.165) is 16.7 Å². The third kappa shape index (κ3) is 3.35. The quantitative estimate of drug-likeness (QED) is 0.912. The highest BCUT2D eigenvalue weighted by molar-refractivity contribution is 5.25. The van der Waals surface area contributed by atoms with Crippen LogP contribution in [-0.4, -0.2) is 27.8 Å². The van der Waals surface area contributed by atoms with Gasteiger partial charge in [-0.1, -0.05) is 36.4 Å². The molecule has 1 aliphatic heterocycles. The highest BCUT2D eigenvalue weighted by atomic mass is 19.1. The zero-order valence-corrected chi connectivity index (χ0v) is 12.3. The smallest absolute Gasteiger partial charge is 0.123 e. The van der Waals surface area contributed by atoms with Crippen molar-refractivity contribution in [3.05, 3.63) is 71.0 Å². The summed E-state index contributed by atoms with van der Waals surface area (Å²) in [6.07, 6.45) is 0.239. The molecule has 3 nitrogen and oxygen atoms in total. The van der Waals surface area contributed by atoms with Crippen LogP contribution < -0.4 is 0 Å². The van der Waals surface area contributed by atoms with Crippen LogP contribution in [0.3, 0.4) is 0 Å². The number of aliphatic hydroxyl groups excluding tert-OH is 2. The van der Waals surface area contributed by atoms with Gasteiger partial charge in [0.25, 0.3) is 0 Å². The van der Waals surface area contributed by atoms with Crippen LogP contribution in [0.5, 0.6) is 0 Å². The van der Waals surface area contributed by atoms with Crippen LogP contribution in [0.4, 0.5) is 4.39 Å². The Labute approximate surface area is 129 Å². The Balaban J connectivity index is 1.78. The van der Waals surface area contributed by atoms with Gasteiger partial charge in [0.15, 0.2) is 0 Å². The van der Waals surface area contributed by atoms with E-state index in [2.05, 4.69) is 4.90 Å². The molecule has 1 heterocycles. The lowest BCUT2D eigenvalue weighted by Crippen LogP contribution is -2.24. The Bertz CT molecular complexity index is 629. The number of likely N-dealkylation sites (tertiary alicyclic amines) is 1. The van der Waals surface area contributed by atoms with E-state index in [-0.39, 0.29) is 24.6 Å². The average Bonchev–Trinajstić information content (AvgIpc) is 2.89. The molecule has 0 spiro atoms. The summed E-state index contributed by atoms with van der Waals surface area (Å²) in [7, 11) is 0. The zero-order chi connectivity index (χ0) is 15.5. The molecule has 1 fully saturated rings. The fraction of sp³-hybridized carbons (Fsp3) is 0.333. The molecule has 0 aromatic heterocycles. The second-order valence-corrected chi connectivity index (χ2v) is 5.86. The fourth-order valence-electron chi connectivity index (χ4n) is 3.10. The Morgan fingerprint density at radius 2 is 1.82 bits per heavy atom. The van der Waals surface area contributed by atoms with E-state index in [4.69, 9.17) is 5.11 Å². The van der Waals surface area contributed by atoms with Crippen molar-refractivity contribution in [2.45, 2.75) is 31.7 Å². The van der Waals surface area contributed by atoms with Crippen LogP contribution in [0.1, 0.15) is 29.2 Å². The van der Waals surface area contributed by atoms with Gasteiger partial charge in [0.05, 0.1) is 12.7 Å². The summed E-state index contributed by atoms with van der Waals surface area (Å²) in [5.74, 6) is -0.244. The van der Waals surface area contributed by atoms with Crippen LogP contribution in [0.25, 0.3) is 0 Å². The molecule has 2 N–H and O–H groups in total. The molecular weight excluding hydrogens is 281 g/mol. The Kier molecular flexibility index (Phi) is 4.52. The molecule has 0 unspecified atom stereocenters. The first-order valence-corrected chi connectivity index (χ1v) is 7.52. The number of benzene rings is 2. The lowest BCUT2D eigenvalue weighted by Gasteiger charge is -2.24. The minimum Gasteiger partial charge on any atom is -0.392 e. The molecule has 0 bridgehead atoms. The van der Waals surface area contributed by atoms with Gasteiger partial charge in [0.2, 0.25) is 0 Å². The van der Waals surface area contributed by atoms with Crippen LogP contribution in [-0.2, 0) is 13.2 Å². The number of hydrogen-bond donors (Lipinski definition) is 2. The lowest BCUT2D eigenvalue weighted by atomic mass is 10.0. The summed E-state index contributed by atoms with van der Waals surface area (Å²) >= 11 is 0. The number of halogens is 1. The van der Waals surface area contributed by atoms with Crippen molar-refractivity contribution in [3.63, 3.8) is 0 Å². The predicted octanol–water partition coefficient (Wildman–Crippen LogP) is 2.63. The Morgan fingerprint density at radius 1 is 1.09 bits per heavy atom. The summed E-state index contributed by atoms with van der Waals surface area (Å²) in [6, 6.07) is 14.4. The van der Waals surface area contributed by atoms with E-state index in [1.165, 1.54) is 6.07 Å². The number of hydrogen-bond acceptors (Lipinski definition) is 3. The van der Waals surface area contributed by atoms with Gasteiger partial charge in [-0.2, -0.15) is 0 Å². The first kappa shape index (κ1) is 15.2. The minimum absolute atomic E-state index is 0.0308. The van der Waals surface area contributed by atoms with Crippen molar-refractivity contribution in [2.75, 3.05) is 6.54 Å². The van der Waals surface area contributed by atoms with Gasteiger partial charge >= 0.3 is 0 Å². The molecule has 116 valence electrons. The number of aliphatic hydroxyl groups is 2. The molecule has 22 heavy (non-hydrogen) atoms. The molecule has 1 aliphatic rings. The van der Waals surface area contributed by atoms with E-state index >= 15 is 0 Å². The summed E-state index contributed by atoms with van der Waals surface area (Å²) in [6.45, 7) is 1.32. The molecule has 0 amide bonds. The standard InChI is InChI=1S/C18H20FNO2/c19-16-3-1-2-15(8-16)18-9-17(22)11-20(18)10-13-4-6-14(12-21)7-5-13/h1-8,17-18,21-22H,9-12H2/t17-,18-/m1/s1. The molecule has 2 aromatic carbocycles. The van der Waals surface area contributed by atoms with Gasteiger partial charge in [-0.3, -0.25) is 4.90 Å². The van der Waals surface area contributed by atoms with Crippen molar-refractivity contribution in [1.82, 2.24) is 4.90 Å². The van der Waals surface area contributed by atoms with E-state index in [1.807, 2.05) is 30.3 Å². The average molecular weight is 301 g/mol. The van der Waals surface area contributed by atoms with Crippen LogP contribution in [0.15, 0.2) is 48.5 Å². The van der Waals surface area contributed by atoms with E-state index < -0.39 is 0 Å². The maximum Gasteiger partial charge on any atom is 0.123 e. The van der Waals surface area contributed by atoms with Crippen molar-refractivity contribution < 1.29 is 14.6 Å². The molecule has 2 atom stereocenters. The van der Waals surface area contributed by atoms with Gasteiger partial charge in [-0.15, -0.1) is 0 Å². The van der Waals surface area contributed by atoms with E-state index in [9.17, 15) is 9.50 Å². The number of β-amino-alcohol motifs (C(OH)–C–C–N with tert-alkyl or cyclic N) is 1. The first-order valence-electron chi connectivity index (χ1n) is 7.52. The maximum absolute atomic E-state index is 13.5. The van der Waals surface area contributed by atoms with Crippen molar-refractivity contribution in [3.8, 4) is 0 Å². The van der Waals surface area contributed by atoms with Gasteiger partial charge in [0, 0.05) is 19.1 Å². The third-order valence-electron chi connectivity index (χ3n) is 4.21. The Morgan fingerprint density at radius 3 is 2.50 bits per heavy atom. The van der Waals surface area contributed by atoms with E-state index in [1.54, 1.807) is 12.1 Å². The number of rotatable bonds is 4. The highest BCUT2D eigenvalue weighted by Crippen LogP contribution is 2.33. The largest absolute Gasteiger partial charge is 0.392 e. The van der Waals surface area contributed by atoms with E-state index in [0.29, 0.717) is 19.5 Å². The summed E-state index contributed by atoms with van der Waals surface area (Å²) in [5.41, 5.74) is 2.91. The summed E-state index contributed by atoms with van der Waals surface area (Å²) < 4.78 is 13.5.